The zero-order valence-electron chi connectivity index (χ0n) is 17.2. The van der Waals surface area contributed by atoms with Crippen molar-refractivity contribution in [1.82, 2.24) is 24.9 Å². The zero-order valence-corrected chi connectivity index (χ0v) is 17.2. The number of carboxylic acids is 1. The van der Waals surface area contributed by atoms with Crippen LogP contribution in [-0.2, 0) is 13.5 Å². The number of anilines is 1. The molecule has 0 saturated carbocycles. The van der Waals surface area contributed by atoms with E-state index < -0.39 is 5.97 Å². The molecular weight excluding hydrogens is 372 g/mol. The number of carbonyl (C=O) groups is 1. The topological polar surface area (TPSA) is 110 Å². The lowest BCUT2D eigenvalue weighted by molar-refractivity contribution is 0.0697. The van der Waals surface area contributed by atoms with Crippen LogP contribution >= 0.6 is 0 Å². The molecule has 3 aromatic heterocycles. The molecule has 9 nitrogen and oxygen atoms in total. The summed E-state index contributed by atoms with van der Waals surface area (Å²) >= 11 is 0. The van der Waals surface area contributed by atoms with Gasteiger partial charge < -0.3 is 14.5 Å². The number of pyridine rings is 1. The summed E-state index contributed by atoms with van der Waals surface area (Å²) in [4.78, 5) is 23.0. The normalized spacial score (nSPS) is 17.4. The fourth-order valence-electron chi connectivity index (χ4n) is 4.14. The van der Waals surface area contributed by atoms with Crippen molar-refractivity contribution in [3.63, 3.8) is 0 Å². The molecule has 1 saturated heterocycles. The van der Waals surface area contributed by atoms with E-state index in [2.05, 4.69) is 39.0 Å². The van der Waals surface area contributed by atoms with Crippen LogP contribution in [0.4, 0.5) is 5.69 Å². The number of nitrogens with zero attached hydrogens (tertiary/aromatic N) is 6. The first-order valence-electron chi connectivity index (χ1n) is 9.98. The Hall–Kier alpha value is -2.97. The lowest BCUT2D eigenvalue weighted by Crippen LogP contribution is -2.35. The predicted molar refractivity (Wildman–Crippen MR) is 107 cm³/mol. The maximum atomic E-state index is 11.9. The molecule has 1 N–H and O–H groups in total. The Morgan fingerprint density at radius 2 is 2.21 bits per heavy atom. The average molecular weight is 398 g/mol. The number of hydrogen-bond donors (Lipinski definition) is 1. The van der Waals surface area contributed by atoms with Crippen LogP contribution in [0.2, 0.25) is 0 Å². The highest BCUT2D eigenvalue weighted by Crippen LogP contribution is 2.36. The Morgan fingerprint density at radius 3 is 2.93 bits per heavy atom. The molecule has 0 aliphatic carbocycles. The third kappa shape index (κ3) is 3.56. The second-order valence-corrected chi connectivity index (χ2v) is 8.17. The lowest BCUT2D eigenvalue weighted by Gasteiger charge is -2.34. The van der Waals surface area contributed by atoms with E-state index in [9.17, 15) is 9.90 Å². The van der Waals surface area contributed by atoms with Crippen LogP contribution in [-0.4, -0.2) is 49.1 Å². The molecule has 3 aromatic rings. The number of carboxylic acid groups (broad SMARTS) is 1. The Balaban J connectivity index is 1.71. The fourth-order valence-corrected chi connectivity index (χ4v) is 4.14. The quantitative estimate of drug-likeness (QED) is 0.698. The highest BCUT2D eigenvalue weighted by atomic mass is 16.5. The predicted octanol–water partition coefficient (Wildman–Crippen LogP) is 2.94. The van der Waals surface area contributed by atoms with Crippen molar-refractivity contribution >= 4 is 22.7 Å². The number of aromatic nitrogens is 5. The third-order valence-electron chi connectivity index (χ3n) is 5.39. The van der Waals surface area contributed by atoms with Crippen molar-refractivity contribution in [1.29, 1.82) is 0 Å². The Kier molecular flexibility index (Phi) is 4.97. The van der Waals surface area contributed by atoms with Gasteiger partial charge in [0.2, 0.25) is 5.89 Å². The van der Waals surface area contributed by atoms with Crippen LogP contribution in [0.3, 0.4) is 0 Å². The van der Waals surface area contributed by atoms with Crippen molar-refractivity contribution in [2.75, 3.05) is 18.0 Å². The van der Waals surface area contributed by atoms with Crippen molar-refractivity contribution < 1.29 is 14.4 Å². The Morgan fingerprint density at radius 1 is 1.41 bits per heavy atom. The van der Waals surface area contributed by atoms with Crippen molar-refractivity contribution in [2.24, 2.45) is 13.0 Å². The molecule has 4 rings (SSSR count). The van der Waals surface area contributed by atoms with E-state index >= 15 is 0 Å². The van der Waals surface area contributed by atoms with E-state index in [4.69, 9.17) is 4.52 Å². The van der Waals surface area contributed by atoms with Crippen LogP contribution in [0.15, 0.2) is 10.7 Å². The first-order chi connectivity index (χ1) is 13.8. The molecule has 0 radical (unpaired) electrons. The van der Waals surface area contributed by atoms with Crippen LogP contribution in [0, 0.1) is 12.8 Å². The SMILES string of the molecule is Cc1nn(C)c2ncc(C(=O)O)c(N3CCCC(c4nc(CC(C)C)no4)C3)c12. The van der Waals surface area contributed by atoms with E-state index in [-0.39, 0.29) is 11.5 Å². The molecule has 1 atom stereocenters. The highest BCUT2D eigenvalue weighted by molar-refractivity contribution is 6.04. The summed E-state index contributed by atoms with van der Waals surface area (Å²) < 4.78 is 7.24. The molecule has 29 heavy (non-hydrogen) atoms. The summed E-state index contributed by atoms with van der Waals surface area (Å²) in [6.45, 7) is 7.51. The van der Waals surface area contributed by atoms with Crippen molar-refractivity contribution in [2.45, 2.75) is 46.0 Å². The molecule has 0 spiro atoms. The maximum Gasteiger partial charge on any atom is 0.339 e. The number of hydrogen-bond acceptors (Lipinski definition) is 7. The van der Waals surface area contributed by atoms with E-state index in [1.807, 2.05) is 14.0 Å². The maximum absolute atomic E-state index is 11.9. The first-order valence-corrected chi connectivity index (χ1v) is 9.98. The second-order valence-electron chi connectivity index (χ2n) is 8.17. The second kappa shape index (κ2) is 7.46. The standard InChI is InChI=1S/C20H26N6O3/c1-11(2)8-15-22-19(29-24-15)13-6-5-7-26(10-13)17-14(20(27)28)9-21-18-16(17)12(3)23-25(18)4/h9,11,13H,5-8,10H2,1-4H3,(H,27,28). The molecule has 9 heteroatoms. The van der Waals surface area contributed by atoms with Gasteiger partial charge in [-0.2, -0.15) is 10.1 Å². The van der Waals surface area contributed by atoms with Crippen LogP contribution in [0.5, 0.6) is 0 Å². The number of aryl methyl sites for hydroxylation is 2. The molecule has 1 aliphatic heterocycles. The van der Waals surface area contributed by atoms with Gasteiger partial charge in [-0.1, -0.05) is 19.0 Å². The number of piperidine rings is 1. The molecule has 0 bridgehead atoms. The zero-order chi connectivity index (χ0) is 20.7. The minimum absolute atomic E-state index is 0.0685. The van der Waals surface area contributed by atoms with E-state index in [1.165, 1.54) is 6.20 Å². The van der Waals surface area contributed by atoms with Crippen LogP contribution in [0.1, 0.15) is 60.4 Å². The van der Waals surface area contributed by atoms with Crippen LogP contribution in [0.25, 0.3) is 11.0 Å². The van der Waals surface area contributed by atoms with Gasteiger partial charge in [-0.05, 0) is 25.7 Å². The molecule has 4 heterocycles. The lowest BCUT2D eigenvalue weighted by atomic mass is 9.96. The summed E-state index contributed by atoms with van der Waals surface area (Å²) in [5, 5.41) is 19.1. The number of aromatic carboxylic acids is 1. The molecule has 1 fully saturated rings. The Bertz CT molecular complexity index is 1050. The van der Waals surface area contributed by atoms with Gasteiger partial charge in [-0.3, -0.25) is 4.68 Å². The molecule has 1 unspecified atom stereocenters. The van der Waals surface area contributed by atoms with E-state index in [0.717, 1.165) is 42.7 Å². The van der Waals surface area contributed by atoms with E-state index in [1.54, 1.807) is 4.68 Å². The minimum Gasteiger partial charge on any atom is -0.478 e. The fraction of sp³-hybridized carbons (Fsp3) is 0.550. The van der Waals surface area contributed by atoms with Crippen molar-refractivity contribution in [3.8, 4) is 0 Å². The number of rotatable bonds is 5. The largest absolute Gasteiger partial charge is 0.478 e. The minimum atomic E-state index is -0.989. The molecule has 1 aliphatic rings. The highest BCUT2D eigenvalue weighted by Gasteiger charge is 2.31. The van der Waals surface area contributed by atoms with Gasteiger partial charge in [0.05, 0.1) is 22.7 Å². The van der Waals surface area contributed by atoms with Gasteiger partial charge >= 0.3 is 5.97 Å². The van der Waals surface area contributed by atoms with Gasteiger partial charge in [0.15, 0.2) is 11.5 Å². The summed E-state index contributed by atoms with van der Waals surface area (Å²) in [5.41, 5.74) is 2.33. The molecule has 0 aromatic carbocycles. The first kappa shape index (κ1) is 19.4. The third-order valence-corrected chi connectivity index (χ3v) is 5.39. The molecule has 0 amide bonds. The van der Waals surface area contributed by atoms with Gasteiger partial charge in [0, 0.05) is 32.8 Å². The van der Waals surface area contributed by atoms with Crippen molar-refractivity contribution in [3.05, 3.63) is 29.2 Å². The van der Waals surface area contributed by atoms with Gasteiger partial charge in [-0.15, -0.1) is 0 Å². The van der Waals surface area contributed by atoms with Gasteiger partial charge in [0.25, 0.3) is 0 Å². The monoisotopic (exact) mass is 398 g/mol. The van der Waals surface area contributed by atoms with Crippen LogP contribution < -0.4 is 4.90 Å². The van der Waals surface area contributed by atoms with Gasteiger partial charge in [-0.25, -0.2) is 9.78 Å². The Labute approximate surface area is 168 Å². The summed E-state index contributed by atoms with van der Waals surface area (Å²) in [7, 11) is 1.82. The number of fused-ring (bicyclic) bond motifs is 1. The smallest absolute Gasteiger partial charge is 0.339 e. The van der Waals surface area contributed by atoms with Gasteiger partial charge in [0.1, 0.15) is 5.56 Å². The summed E-state index contributed by atoms with van der Waals surface area (Å²) in [5.74, 6) is 0.902. The van der Waals surface area contributed by atoms with E-state index in [0.29, 0.717) is 29.7 Å². The molecule has 154 valence electrons. The molecular formula is C20H26N6O3. The summed E-state index contributed by atoms with van der Waals surface area (Å²) in [6.07, 6.45) is 4.05. The average Bonchev–Trinajstić information content (AvgIpc) is 3.25. The summed E-state index contributed by atoms with van der Waals surface area (Å²) in [6, 6.07) is 0.